The highest BCUT2D eigenvalue weighted by molar-refractivity contribution is 5.37. The summed E-state index contributed by atoms with van der Waals surface area (Å²) in [6.07, 6.45) is 3.96. The van der Waals surface area contributed by atoms with E-state index in [-0.39, 0.29) is 11.0 Å². The molecule has 2 N–H and O–H groups in total. The van der Waals surface area contributed by atoms with Crippen LogP contribution in [-0.2, 0) is 5.41 Å². The summed E-state index contributed by atoms with van der Waals surface area (Å²) < 4.78 is 27.6. The Morgan fingerprint density at radius 2 is 1.94 bits per heavy atom. The van der Waals surface area contributed by atoms with Crippen molar-refractivity contribution in [2.24, 2.45) is 5.73 Å². The smallest absolute Gasteiger partial charge is 0.129 e. The first kappa shape index (κ1) is 13.5. The van der Waals surface area contributed by atoms with Gasteiger partial charge in [0.2, 0.25) is 0 Å². The van der Waals surface area contributed by atoms with Crippen molar-refractivity contribution in [2.75, 3.05) is 6.54 Å². The van der Waals surface area contributed by atoms with Gasteiger partial charge in [-0.2, -0.15) is 0 Å². The first-order valence-electron chi connectivity index (χ1n) is 6.74. The normalized spacial score (nSPS) is 20.7. The third-order valence-corrected chi connectivity index (χ3v) is 4.22. The quantitative estimate of drug-likeness (QED) is 0.865. The summed E-state index contributed by atoms with van der Waals surface area (Å²) in [5.74, 6) is -0.444. The average molecular weight is 253 g/mol. The topological polar surface area (TPSA) is 26.0 Å². The number of alkyl halides is 1. The molecule has 1 atom stereocenters. The molecule has 0 radical (unpaired) electrons. The van der Waals surface area contributed by atoms with Gasteiger partial charge in [-0.1, -0.05) is 31.4 Å². The van der Waals surface area contributed by atoms with Crippen LogP contribution in [-0.4, -0.2) is 6.54 Å². The van der Waals surface area contributed by atoms with Gasteiger partial charge in [-0.05, 0) is 31.4 Å². The third-order valence-electron chi connectivity index (χ3n) is 4.22. The largest absolute Gasteiger partial charge is 0.330 e. The molecule has 1 aromatic carbocycles. The van der Waals surface area contributed by atoms with Gasteiger partial charge >= 0.3 is 0 Å². The second-order valence-corrected chi connectivity index (χ2v) is 5.36. The van der Waals surface area contributed by atoms with Crippen molar-refractivity contribution in [3.05, 3.63) is 35.1 Å². The number of rotatable bonds is 3. The van der Waals surface area contributed by atoms with E-state index in [0.717, 1.165) is 31.2 Å². The molecular weight excluding hydrogens is 232 g/mol. The number of hydrogen-bond donors (Lipinski definition) is 1. The maximum atomic E-state index is 13.9. The van der Waals surface area contributed by atoms with Crippen LogP contribution in [0.15, 0.2) is 18.2 Å². The van der Waals surface area contributed by atoms with E-state index < -0.39 is 12.0 Å². The molecule has 1 unspecified atom stereocenters. The molecule has 1 aliphatic carbocycles. The molecule has 0 aromatic heterocycles. The van der Waals surface area contributed by atoms with Crippen molar-refractivity contribution in [2.45, 2.75) is 50.6 Å². The molecule has 100 valence electrons. The Labute approximate surface area is 107 Å². The summed E-state index contributed by atoms with van der Waals surface area (Å²) in [4.78, 5) is 0. The third kappa shape index (κ3) is 2.28. The zero-order chi connectivity index (χ0) is 13.2. The van der Waals surface area contributed by atoms with Crippen LogP contribution in [0.4, 0.5) is 8.78 Å². The lowest BCUT2D eigenvalue weighted by molar-refractivity contribution is 0.285. The van der Waals surface area contributed by atoms with Crippen molar-refractivity contribution in [3.63, 3.8) is 0 Å². The van der Waals surface area contributed by atoms with Crippen LogP contribution in [0.25, 0.3) is 0 Å². The van der Waals surface area contributed by atoms with Crippen LogP contribution in [0.1, 0.15) is 56.3 Å². The summed E-state index contributed by atoms with van der Waals surface area (Å²) in [6, 6.07) is 4.86. The van der Waals surface area contributed by atoms with Crippen molar-refractivity contribution in [1.82, 2.24) is 0 Å². The minimum Gasteiger partial charge on any atom is -0.330 e. The summed E-state index contributed by atoms with van der Waals surface area (Å²) in [7, 11) is 0. The first-order valence-corrected chi connectivity index (χ1v) is 6.74. The Bertz CT molecular complexity index is 409. The van der Waals surface area contributed by atoms with Gasteiger partial charge in [0.05, 0.1) is 0 Å². The van der Waals surface area contributed by atoms with Crippen molar-refractivity contribution in [3.8, 4) is 0 Å². The van der Waals surface area contributed by atoms with Gasteiger partial charge in [-0.25, -0.2) is 8.78 Å². The summed E-state index contributed by atoms with van der Waals surface area (Å²) in [5.41, 5.74) is 6.72. The molecule has 1 nitrogen and oxygen atoms in total. The molecule has 0 aliphatic heterocycles. The number of benzene rings is 1. The second-order valence-electron chi connectivity index (χ2n) is 5.36. The van der Waals surface area contributed by atoms with Crippen molar-refractivity contribution in [1.29, 1.82) is 0 Å². The van der Waals surface area contributed by atoms with E-state index in [1.54, 1.807) is 6.07 Å². The molecule has 2 rings (SSSR count). The standard InChI is InChI=1S/C15H21F2N/c1-11(16)14-12(6-5-7-13(14)17)15(10-18)8-3-2-4-9-15/h5-7,11H,2-4,8-10,18H2,1H3. The van der Waals surface area contributed by atoms with Gasteiger partial charge in [-0.15, -0.1) is 0 Å². The Morgan fingerprint density at radius 1 is 1.28 bits per heavy atom. The van der Waals surface area contributed by atoms with Crippen LogP contribution < -0.4 is 5.73 Å². The fourth-order valence-electron chi connectivity index (χ4n) is 3.22. The predicted octanol–water partition coefficient (Wildman–Crippen LogP) is 4.02. The van der Waals surface area contributed by atoms with Gasteiger partial charge < -0.3 is 5.73 Å². The zero-order valence-electron chi connectivity index (χ0n) is 10.9. The minimum absolute atomic E-state index is 0.213. The van der Waals surface area contributed by atoms with Gasteiger partial charge in [0.25, 0.3) is 0 Å². The molecule has 0 amide bonds. The Balaban J connectivity index is 2.51. The highest BCUT2D eigenvalue weighted by Crippen LogP contribution is 2.42. The van der Waals surface area contributed by atoms with Crippen LogP contribution >= 0.6 is 0 Å². The highest BCUT2D eigenvalue weighted by Gasteiger charge is 2.36. The van der Waals surface area contributed by atoms with Gasteiger partial charge in [0.15, 0.2) is 0 Å². The van der Waals surface area contributed by atoms with Crippen LogP contribution in [0, 0.1) is 5.82 Å². The molecule has 1 saturated carbocycles. The first-order chi connectivity index (χ1) is 8.60. The fraction of sp³-hybridized carbons (Fsp3) is 0.600. The summed E-state index contributed by atoms with van der Waals surface area (Å²) in [6.45, 7) is 1.87. The molecule has 18 heavy (non-hydrogen) atoms. The van der Waals surface area contributed by atoms with Crippen LogP contribution in [0.2, 0.25) is 0 Å². The average Bonchev–Trinajstić information content (AvgIpc) is 2.38. The molecule has 1 aromatic rings. The molecule has 0 spiro atoms. The van der Waals surface area contributed by atoms with Crippen LogP contribution in [0.3, 0.4) is 0 Å². The van der Waals surface area contributed by atoms with E-state index in [1.165, 1.54) is 19.4 Å². The summed E-state index contributed by atoms with van der Waals surface area (Å²) in [5, 5.41) is 0. The molecule has 1 aliphatic rings. The fourth-order valence-corrected chi connectivity index (χ4v) is 3.22. The SMILES string of the molecule is CC(F)c1c(F)cccc1C1(CN)CCCCC1. The summed E-state index contributed by atoms with van der Waals surface area (Å²) >= 11 is 0. The van der Waals surface area contributed by atoms with Gasteiger partial charge in [-0.3, -0.25) is 0 Å². The monoisotopic (exact) mass is 253 g/mol. The number of nitrogens with two attached hydrogens (primary N) is 1. The number of hydrogen-bond acceptors (Lipinski definition) is 1. The Morgan fingerprint density at radius 3 is 2.50 bits per heavy atom. The van der Waals surface area contributed by atoms with Crippen LogP contribution in [0.5, 0.6) is 0 Å². The lowest BCUT2D eigenvalue weighted by Gasteiger charge is -2.38. The molecule has 3 heteroatoms. The van der Waals surface area contributed by atoms with Crippen molar-refractivity contribution < 1.29 is 8.78 Å². The van der Waals surface area contributed by atoms with E-state index in [2.05, 4.69) is 0 Å². The van der Waals surface area contributed by atoms with E-state index in [0.29, 0.717) is 6.54 Å². The highest BCUT2D eigenvalue weighted by atomic mass is 19.1. The van der Waals surface area contributed by atoms with E-state index >= 15 is 0 Å². The maximum absolute atomic E-state index is 13.9. The van der Waals surface area contributed by atoms with Gasteiger partial charge in [0.1, 0.15) is 12.0 Å². The maximum Gasteiger partial charge on any atom is 0.129 e. The second kappa shape index (κ2) is 5.35. The van der Waals surface area contributed by atoms with Gasteiger partial charge in [0, 0.05) is 17.5 Å². The zero-order valence-corrected chi connectivity index (χ0v) is 10.9. The molecule has 0 heterocycles. The van der Waals surface area contributed by atoms with Crippen molar-refractivity contribution >= 4 is 0 Å². The minimum atomic E-state index is -1.29. The lowest BCUT2D eigenvalue weighted by atomic mass is 9.68. The molecule has 1 fully saturated rings. The van der Waals surface area contributed by atoms with E-state index in [4.69, 9.17) is 5.73 Å². The van der Waals surface area contributed by atoms with E-state index in [1.807, 2.05) is 6.07 Å². The molecule has 0 saturated heterocycles. The molecule has 0 bridgehead atoms. The van der Waals surface area contributed by atoms with E-state index in [9.17, 15) is 8.78 Å². The molecular formula is C15H21F2N. The predicted molar refractivity (Wildman–Crippen MR) is 69.7 cm³/mol. The lowest BCUT2D eigenvalue weighted by Crippen LogP contribution is -2.38. The number of halogens is 2. The Hall–Kier alpha value is -0.960. The Kier molecular flexibility index (Phi) is 4.00.